The Morgan fingerprint density at radius 2 is 1.78 bits per heavy atom. The number of cyclic esters (lactones) is 1. The number of nitrogens with zero attached hydrogens (tertiary/aromatic N) is 1. The van der Waals surface area contributed by atoms with Gasteiger partial charge in [0.2, 0.25) is 0 Å². The topological polar surface area (TPSA) is 46.6 Å². The van der Waals surface area contributed by atoms with E-state index >= 15 is 0 Å². The van der Waals surface area contributed by atoms with Crippen LogP contribution < -0.4 is 0 Å². The number of ether oxygens (including phenoxy) is 1. The van der Waals surface area contributed by atoms with Gasteiger partial charge in [-0.15, -0.1) is 0 Å². The fourth-order valence-corrected chi connectivity index (χ4v) is 2.41. The Labute approximate surface area is 102 Å². The Bertz CT molecular complexity index is 376. The zero-order valence-electron chi connectivity index (χ0n) is 9.92. The van der Waals surface area contributed by atoms with Gasteiger partial charge in [-0.25, -0.2) is 9.69 Å². The second-order valence-electron chi connectivity index (χ2n) is 4.87. The van der Waals surface area contributed by atoms with E-state index in [1.165, 1.54) is 0 Å². The van der Waals surface area contributed by atoms with Crippen LogP contribution in [0.3, 0.4) is 0 Å². The molecule has 0 aromatic rings. The van der Waals surface area contributed by atoms with Crippen LogP contribution in [0.2, 0.25) is 0 Å². The molecule has 2 rings (SSSR count). The van der Waals surface area contributed by atoms with Crippen LogP contribution in [0.4, 0.5) is 18.0 Å². The van der Waals surface area contributed by atoms with Crippen molar-refractivity contribution in [1.82, 2.24) is 4.90 Å². The van der Waals surface area contributed by atoms with Crippen molar-refractivity contribution < 1.29 is 27.5 Å². The smallest absolute Gasteiger partial charge is 0.423 e. The van der Waals surface area contributed by atoms with Gasteiger partial charge in [0.1, 0.15) is 0 Å². The van der Waals surface area contributed by atoms with Crippen molar-refractivity contribution in [2.45, 2.75) is 56.8 Å². The number of hydrogen-bond acceptors (Lipinski definition) is 3. The molecule has 0 aromatic carbocycles. The summed E-state index contributed by atoms with van der Waals surface area (Å²) in [5.74, 6) is -1.29. The summed E-state index contributed by atoms with van der Waals surface area (Å²) < 4.78 is 42.7. The number of rotatable bonds is 1. The molecule has 1 aliphatic heterocycles. The first-order chi connectivity index (χ1) is 8.27. The largest absolute Gasteiger partial charge is 0.437 e. The predicted octanol–water partition coefficient (Wildman–Crippen LogP) is 2.62. The molecule has 1 saturated carbocycles. The zero-order valence-corrected chi connectivity index (χ0v) is 9.92. The molecule has 0 spiro atoms. The SMILES string of the molecule is C[C@@]1(C(F)(F)F)OC(=O)N(C2CCCCC2)C1=O. The highest BCUT2D eigenvalue weighted by Crippen LogP contribution is 2.41. The summed E-state index contributed by atoms with van der Waals surface area (Å²) in [6, 6.07) is -0.456. The van der Waals surface area contributed by atoms with Gasteiger partial charge in [0.05, 0.1) is 0 Å². The van der Waals surface area contributed by atoms with E-state index in [0.29, 0.717) is 24.7 Å². The monoisotopic (exact) mass is 265 g/mol. The summed E-state index contributed by atoms with van der Waals surface area (Å²) in [6.45, 7) is 0.607. The van der Waals surface area contributed by atoms with E-state index in [1.54, 1.807) is 0 Å². The summed E-state index contributed by atoms with van der Waals surface area (Å²) in [4.78, 5) is 24.0. The molecule has 1 atom stereocenters. The van der Waals surface area contributed by atoms with Crippen LogP contribution in [0.15, 0.2) is 0 Å². The first-order valence-corrected chi connectivity index (χ1v) is 5.91. The lowest BCUT2D eigenvalue weighted by Gasteiger charge is -2.28. The molecule has 0 radical (unpaired) electrons. The molecule has 0 N–H and O–H groups in total. The third-order valence-electron chi connectivity index (χ3n) is 3.60. The van der Waals surface area contributed by atoms with Crippen LogP contribution in [0.25, 0.3) is 0 Å². The quantitative estimate of drug-likeness (QED) is 0.732. The molecule has 2 amide bonds. The van der Waals surface area contributed by atoms with Gasteiger partial charge in [0, 0.05) is 6.04 Å². The van der Waals surface area contributed by atoms with Gasteiger partial charge in [-0.2, -0.15) is 13.2 Å². The van der Waals surface area contributed by atoms with Crippen molar-refractivity contribution >= 4 is 12.0 Å². The molecule has 1 heterocycles. The minimum atomic E-state index is -4.89. The van der Waals surface area contributed by atoms with Gasteiger partial charge in [0.25, 0.3) is 11.5 Å². The molecule has 1 saturated heterocycles. The van der Waals surface area contributed by atoms with Crippen LogP contribution in [-0.4, -0.2) is 34.7 Å². The first-order valence-electron chi connectivity index (χ1n) is 5.91. The summed E-state index contributed by atoms with van der Waals surface area (Å²) >= 11 is 0. The number of halogens is 3. The Morgan fingerprint density at radius 1 is 1.22 bits per heavy atom. The molecule has 1 aliphatic carbocycles. The number of alkyl halides is 3. The second-order valence-corrected chi connectivity index (χ2v) is 4.87. The Kier molecular flexibility index (Phi) is 3.03. The number of imide groups is 1. The molecule has 0 bridgehead atoms. The van der Waals surface area contributed by atoms with Crippen molar-refractivity contribution in [3.63, 3.8) is 0 Å². The average Bonchev–Trinajstić information content (AvgIpc) is 2.51. The van der Waals surface area contributed by atoms with E-state index in [4.69, 9.17) is 0 Å². The maximum atomic E-state index is 12.8. The molecular formula is C11H14F3NO3. The Morgan fingerprint density at radius 3 is 2.22 bits per heavy atom. The van der Waals surface area contributed by atoms with Crippen LogP contribution >= 0.6 is 0 Å². The van der Waals surface area contributed by atoms with Crippen LogP contribution in [-0.2, 0) is 9.53 Å². The van der Waals surface area contributed by atoms with E-state index in [-0.39, 0.29) is 0 Å². The maximum Gasteiger partial charge on any atom is 0.437 e. The van der Waals surface area contributed by atoms with Gasteiger partial charge in [-0.05, 0) is 19.8 Å². The highest BCUT2D eigenvalue weighted by molar-refractivity contribution is 6.03. The molecule has 0 unspecified atom stereocenters. The number of amides is 2. The molecule has 102 valence electrons. The summed E-state index contributed by atoms with van der Waals surface area (Å²) in [5, 5.41) is 0. The van der Waals surface area contributed by atoms with Gasteiger partial charge in [-0.1, -0.05) is 19.3 Å². The van der Waals surface area contributed by atoms with E-state index < -0.39 is 29.8 Å². The predicted molar refractivity (Wildman–Crippen MR) is 54.7 cm³/mol. The molecular weight excluding hydrogens is 251 g/mol. The molecule has 0 aromatic heterocycles. The normalized spacial score (nSPS) is 30.8. The van der Waals surface area contributed by atoms with Crippen LogP contribution in [0.5, 0.6) is 0 Å². The lowest BCUT2D eigenvalue weighted by Crippen LogP contribution is -2.52. The molecule has 2 fully saturated rings. The lowest BCUT2D eigenvalue weighted by atomic mass is 9.93. The minimum absolute atomic E-state index is 0.456. The fraction of sp³-hybridized carbons (Fsp3) is 0.818. The van der Waals surface area contributed by atoms with Gasteiger partial charge in [0.15, 0.2) is 0 Å². The van der Waals surface area contributed by atoms with E-state index in [9.17, 15) is 22.8 Å². The third kappa shape index (κ3) is 1.85. The third-order valence-corrected chi connectivity index (χ3v) is 3.60. The standard InChI is InChI=1S/C11H14F3NO3/c1-10(11(12,13)14)8(16)15(9(17)18-10)7-5-3-2-4-6-7/h7H,2-6H2,1H3/t10-/m1/s1. The lowest BCUT2D eigenvalue weighted by molar-refractivity contribution is -0.235. The highest BCUT2D eigenvalue weighted by Gasteiger charge is 2.67. The molecule has 18 heavy (non-hydrogen) atoms. The molecule has 4 nitrogen and oxygen atoms in total. The molecule has 2 aliphatic rings. The van der Waals surface area contributed by atoms with Crippen molar-refractivity contribution in [2.75, 3.05) is 0 Å². The first kappa shape index (κ1) is 13.2. The van der Waals surface area contributed by atoms with E-state index in [2.05, 4.69) is 4.74 Å². The Balaban J connectivity index is 2.24. The summed E-state index contributed by atoms with van der Waals surface area (Å²) in [5.41, 5.74) is -3.03. The zero-order chi connectivity index (χ0) is 13.6. The van der Waals surface area contributed by atoms with Gasteiger partial charge < -0.3 is 4.74 Å². The highest BCUT2D eigenvalue weighted by atomic mass is 19.4. The van der Waals surface area contributed by atoms with Crippen molar-refractivity contribution in [3.8, 4) is 0 Å². The minimum Gasteiger partial charge on any atom is -0.423 e. The number of hydrogen-bond donors (Lipinski definition) is 0. The van der Waals surface area contributed by atoms with Crippen molar-refractivity contribution in [2.24, 2.45) is 0 Å². The van der Waals surface area contributed by atoms with Gasteiger partial charge in [-0.3, -0.25) is 4.79 Å². The Hall–Kier alpha value is -1.27. The molecule has 7 heteroatoms. The van der Waals surface area contributed by atoms with Crippen LogP contribution in [0.1, 0.15) is 39.0 Å². The van der Waals surface area contributed by atoms with E-state index in [0.717, 1.165) is 19.3 Å². The number of carbonyl (C=O) groups is 2. The average molecular weight is 265 g/mol. The van der Waals surface area contributed by atoms with E-state index in [1.807, 2.05) is 0 Å². The second kappa shape index (κ2) is 4.13. The van der Waals surface area contributed by atoms with Gasteiger partial charge >= 0.3 is 12.3 Å². The van der Waals surface area contributed by atoms with Crippen molar-refractivity contribution in [1.29, 1.82) is 0 Å². The fourth-order valence-electron chi connectivity index (χ4n) is 2.41. The maximum absolute atomic E-state index is 12.8. The summed E-state index contributed by atoms with van der Waals surface area (Å²) in [6.07, 6.45) is -2.36. The van der Waals surface area contributed by atoms with Crippen molar-refractivity contribution in [3.05, 3.63) is 0 Å². The summed E-state index contributed by atoms with van der Waals surface area (Å²) in [7, 11) is 0. The van der Waals surface area contributed by atoms with Crippen LogP contribution in [0, 0.1) is 0 Å². The number of carbonyl (C=O) groups excluding carboxylic acids is 2.